The van der Waals surface area contributed by atoms with Crippen LogP contribution in [0.15, 0.2) is 59.1 Å². The van der Waals surface area contributed by atoms with E-state index < -0.39 is 0 Å². The highest BCUT2D eigenvalue weighted by molar-refractivity contribution is 9.10. The van der Waals surface area contributed by atoms with Gasteiger partial charge in [-0.2, -0.15) is 0 Å². The lowest BCUT2D eigenvalue weighted by Gasteiger charge is -2.05. The van der Waals surface area contributed by atoms with Crippen molar-refractivity contribution in [3.8, 4) is 22.8 Å². The summed E-state index contributed by atoms with van der Waals surface area (Å²) in [6, 6.07) is 17.9. The van der Waals surface area contributed by atoms with E-state index >= 15 is 0 Å². The van der Waals surface area contributed by atoms with E-state index in [0.29, 0.717) is 17.5 Å². The Morgan fingerprint density at radius 3 is 2.10 bits per heavy atom. The first-order chi connectivity index (χ1) is 9.72. The van der Waals surface area contributed by atoms with Crippen molar-refractivity contribution in [1.29, 1.82) is 0 Å². The van der Waals surface area contributed by atoms with Gasteiger partial charge >= 0.3 is 0 Å². The van der Waals surface area contributed by atoms with Crippen LogP contribution >= 0.6 is 15.9 Å². The van der Waals surface area contributed by atoms with Crippen molar-refractivity contribution >= 4 is 15.9 Å². The molecule has 0 bridgehead atoms. The zero-order valence-corrected chi connectivity index (χ0v) is 12.5. The van der Waals surface area contributed by atoms with Crippen molar-refractivity contribution in [3.05, 3.63) is 64.9 Å². The molecule has 4 heteroatoms. The minimum atomic E-state index is 0.692. The lowest BCUT2D eigenvalue weighted by molar-refractivity contribution is 0.992. The third kappa shape index (κ3) is 2.75. The number of nitrogens with zero attached hydrogens (tertiary/aromatic N) is 3. The fourth-order valence-corrected chi connectivity index (χ4v) is 2.35. The van der Waals surface area contributed by atoms with Crippen LogP contribution in [0.25, 0.3) is 22.8 Å². The largest absolute Gasteiger partial charge is 0.213 e. The molecule has 0 fully saturated rings. The summed E-state index contributed by atoms with van der Waals surface area (Å²) in [5.41, 5.74) is 1.97. The van der Waals surface area contributed by atoms with Gasteiger partial charge in [0, 0.05) is 15.6 Å². The first-order valence-electron chi connectivity index (χ1n) is 6.26. The normalized spacial score (nSPS) is 10.5. The van der Waals surface area contributed by atoms with Crippen LogP contribution in [0.1, 0.15) is 5.82 Å². The molecule has 0 saturated carbocycles. The van der Waals surface area contributed by atoms with Gasteiger partial charge in [0.15, 0.2) is 11.6 Å². The molecule has 3 nitrogen and oxygen atoms in total. The predicted octanol–water partition coefficient (Wildman–Crippen LogP) is 4.28. The predicted molar refractivity (Wildman–Crippen MR) is 83.1 cm³/mol. The molecule has 0 spiro atoms. The van der Waals surface area contributed by atoms with Crippen LogP contribution in [0.5, 0.6) is 0 Å². The first-order valence-corrected chi connectivity index (χ1v) is 7.06. The second kappa shape index (κ2) is 5.51. The van der Waals surface area contributed by atoms with Crippen LogP contribution in [0, 0.1) is 6.92 Å². The molecule has 2 aromatic carbocycles. The quantitative estimate of drug-likeness (QED) is 0.706. The molecule has 0 radical (unpaired) electrons. The lowest BCUT2D eigenvalue weighted by Crippen LogP contribution is -1.99. The summed E-state index contributed by atoms with van der Waals surface area (Å²) in [6.07, 6.45) is 0. The van der Waals surface area contributed by atoms with Crippen molar-refractivity contribution in [1.82, 2.24) is 15.0 Å². The van der Waals surface area contributed by atoms with Gasteiger partial charge in [0.2, 0.25) is 0 Å². The standard InChI is InChI=1S/C16H12BrN3/c1-11-18-15(12-6-3-2-4-7-12)20-16(19-11)13-8-5-9-14(17)10-13/h2-10H,1H3. The Labute approximate surface area is 125 Å². The summed E-state index contributed by atoms with van der Waals surface area (Å²) in [5.74, 6) is 2.11. The van der Waals surface area contributed by atoms with Crippen LogP contribution in [-0.4, -0.2) is 15.0 Å². The molecule has 0 aliphatic carbocycles. The third-order valence-corrected chi connectivity index (χ3v) is 3.36. The molecule has 0 atom stereocenters. The molecule has 0 aliphatic heterocycles. The van der Waals surface area contributed by atoms with Crippen LogP contribution in [0.4, 0.5) is 0 Å². The van der Waals surface area contributed by atoms with Crippen molar-refractivity contribution in [2.45, 2.75) is 6.92 Å². The van der Waals surface area contributed by atoms with E-state index in [0.717, 1.165) is 15.6 Å². The fraction of sp³-hybridized carbons (Fsp3) is 0.0625. The number of hydrogen-bond acceptors (Lipinski definition) is 3. The molecule has 1 aromatic heterocycles. The van der Waals surface area contributed by atoms with Crippen LogP contribution in [0.3, 0.4) is 0 Å². The van der Waals surface area contributed by atoms with Gasteiger partial charge in [-0.25, -0.2) is 15.0 Å². The van der Waals surface area contributed by atoms with Gasteiger partial charge < -0.3 is 0 Å². The highest BCUT2D eigenvalue weighted by Gasteiger charge is 2.08. The molecule has 98 valence electrons. The molecule has 3 rings (SSSR count). The van der Waals surface area contributed by atoms with E-state index in [-0.39, 0.29) is 0 Å². The van der Waals surface area contributed by atoms with Gasteiger partial charge in [0.05, 0.1) is 0 Å². The van der Waals surface area contributed by atoms with E-state index in [1.54, 1.807) is 0 Å². The molecule has 3 aromatic rings. The second-order valence-corrected chi connectivity index (χ2v) is 5.32. The zero-order chi connectivity index (χ0) is 13.9. The maximum atomic E-state index is 4.57. The number of rotatable bonds is 2. The molecule has 0 saturated heterocycles. The Kier molecular flexibility index (Phi) is 3.56. The maximum absolute atomic E-state index is 4.57. The Balaban J connectivity index is 2.12. The summed E-state index contributed by atoms with van der Waals surface area (Å²) < 4.78 is 1.01. The number of aryl methyl sites for hydroxylation is 1. The second-order valence-electron chi connectivity index (χ2n) is 4.41. The average Bonchev–Trinajstić information content (AvgIpc) is 2.47. The van der Waals surface area contributed by atoms with Gasteiger partial charge in [-0.15, -0.1) is 0 Å². The Morgan fingerprint density at radius 2 is 1.40 bits per heavy atom. The van der Waals surface area contributed by atoms with E-state index in [9.17, 15) is 0 Å². The fourth-order valence-electron chi connectivity index (χ4n) is 1.95. The maximum Gasteiger partial charge on any atom is 0.163 e. The summed E-state index contributed by atoms with van der Waals surface area (Å²) >= 11 is 3.47. The Hall–Kier alpha value is -2.07. The van der Waals surface area contributed by atoms with Crippen molar-refractivity contribution in [2.24, 2.45) is 0 Å². The minimum absolute atomic E-state index is 0.692. The molecule has 20 heavy (non-hydrogen) atoms. The third-order valence-electron chi connectivity index (χ3n) is 2.86. The number of benzene rings is 2. The highest BCUT2D eigenvalue weighted by Crippen LogP contribution is 2.22. The summed E-state index contributed by atoms with van der Waals surface area (Å²) in [5, 5.41) is 0. The topological polar surface area (TPSA) is 38.7 Å². The molecule has 0 unspecified atom stereocenters. The number of hydrogen-bond donors (Lipinski definition) is 0. The highest BCUT2D eigenvalue weighted by atomic mass is 79.9. The molecule has 0 amide bonds. The van der Waals surface area contributed by atoms with Crippen LogP contribution in [0.2, 0.25) is 0 Å². The monoisotopic (exact) mass is 325 g/mol. The van der Waals surface area contributed by atoms with Gasteiger partial charge in [0.1, 0.15) is 5.82 Å². The van der Waals surface area contributed by atoms with Gasteiger partial charge in [-0.1, -0.05) is 58.4 Å². The van der Waals surface area contributed by atoms with E-state index in [2.05, 4.69) is 30.9 Å². The minimum Gasteiger partial charge on any atom is -0.213 e. The van der Waals surface area contributed by atoms with Crippen LogP contribution < -0.4 is 0 Å². The molecular formula is C16H12BrN3. The van der Waals surface area contributed by atoms with Crippen molar-refractivity contribution in [3.63, 3.8) is 0 Å². The van der Waals surface area contributed by atoms with E-state index in [4.69, 9.17) is 0 Å². The van der Waals surface area contributed by atoms with Crippen molar-refractivity contribution in [2.75, 3.05) is 0 Å². The molecular weight excluding hydrogens is 314 g/mol. The van der Waals surface area contributed by atoms with E-state index in [1.165, 1.54) is 0 Å². The SMILES string of the molecule is Cc1nc(-c2ccccc2)nc(-c2cccc(Br)c2)n1. The molecule has 1 heterocycles. The van der Waals surface area contributed by atoms with E-state index in [1.807, 2.05) is 61.5 Å². The summed E-state index contributed by atoms with van der Waals surface area (Å²) in [4.78, 5) is 13.4. The van der Waals surface area contributed by atoms with Gasteiger partial charge in [-0.3, -0.25) is 0 Å². The van der Waals surface area contributed by atoms with Crippen LogP contribution in [-0.2, 0) is 0 Å². The molecule has 0 aliphatic rings. The van der Waals surface area contributed by atoms with Gasteiger partial charge in [0.25, 0.3) is 0 Å². The zero-order valence-electron chi connectivity index (χ0n) is 10.9. The summed E-state index contributed by atoms with van der Waals surface area (Å²) in [6.45, 7) is 1.88. The Morgan fingerprint density at radius 1 is 0.750 bits per heavy atom. The lowest BCUT2D eigenvalue weighted by atomic mass is 10.2. The van der Waals surface area contributed by atoms with Gasteiger partial charge in [-0.05, 0) is 19.1 Å². The molecule has 0 N–H and O–H groups in total. The van der Waals surface area contributed by atoms with Crippen molar-refractivity contribution < 1.29 is 0 Å². The number of halogens is 1. The first kappa shape index (κ1) is 12.9. The average molecular weight is 326 g/mol. The smallest absolute Gasteiger partial charge is 0.163 e. The number of aromatic nitrogens is 3. The Bertz CT molecular complexity index is 742. The summed E-state index contributed by atoms with van der Waals surface area (Å²) in [7, 11) is 0.